The van der Waals surface area contributed by atoms with E-state index in [9.17, 15) is 14.7 Å². The molecule has 4 rings (SSSR count). The first-order chi connectivity index (χ1) is 14.0. The average Bonchev–Trinajstić information content (AvgIpc) is 3.17. The Morgan fingerprint density at radius 1 is 1.07 bits per heavy atom. The quantitative estimate of drug-likeness (QED) is 0.549. The number of pyridine rings is 1. The molecule has 7 nitrogen and oxygen atoms in total. The number of aryl methyl sites for hydroxylation is 1. The van der Waals surface area contributed by atoms with Crippen molar-refractivity contribution in [2.24, 2.45) is 7.05 Å². The Morgan fingerprint density at radius 2 is 1.93 bits per heavy atom. The zero-order valence-corrected chi connectivity index (χ0v) is 15.7. The molecule has 2 heterocycles. The topological polar surface area (TPSA) is 97.1 Å². The zero-order chi connectivity index (χ0) is 20.4. The van der Waals surface area contributed by atoms with Crippen LogP contribution in [0.15, 0.2) is 67.1 Å². The first-order valence-corrected chi connectivity index (χ1v) is 9.00. The van der Waals surface area contributed by atoms with E-state index in [-0.39, 0.29) is 11.5 Å². The van der Waals surface area contributed by atoms with Crippen molar-refractivity contribution in [3.8, 4) is 11.1 Å². The third-order valence-electron chi connectivity index (χ3n) is 4.82. The van der Waals surface area contributed by atoms with Gasteiger partial charge >= 0.3 is 5.97 Å². The van der Waals surface area contributed by atoms with E-state index < -0.39 is 5.97 Å². The monoisotopic (exact) mass is 386 g/mol. The second-order valence-corrected chi connectivity index (χ2v) is 6.60. The fourth-order valence-electron chi connectivity index (χ4n) is 3.34. The largest absolute Gasteiger partial charge is 0.478 e. The van der Waals surface area contributed by atoms with E-state index in [1.54, 1.807) is 49.9 Å². The van der Waals surface area contributed by atoms with E-state index in [4.69, 9.17) is 0 Å². The van der Waals surface area contributed by atoms with Crippen LogP contribution in [-0.4, -0.2) is 31.7 Å². The molecule has 2 aromatic carbocycles. The predicted octanol–water partition coefficient (Wildman–Crippen LogP) is 3.26. The van der Waals surface area contributed by atoms with Crippen LogP contribution in [0.4, 0.5) is 0 Å². The number of nitrogens with one attached hydrogen (secondary N) is 1. The van der Waals surface area contributed by atoms with Crippen LogP contribution in [0.25, 0.3) is 21.9 Å². The second-order valence-electron chi connectivity index (χ2n) is 6.60. The first-order valence-electron chi connectivity index (χ1n) is 9.00. The summed E-state index contributed by atoms with van der Waals surface area (Å²) >= 11 is 0. The van der Waals surface area contributed by atoms with Crippen molar-refractivity contribution in [3.63, 3.8) is 0 Å². The highest BCUT2D eigenvalue weighted by Crippen LogP contribution is 2.31. The number of benzene rings is 2. The Morgan fingerprint density at radius 3 is 2.69 bits per heavy atom. The lowest BCUT2D eigenvalue weighted by Gasteiger charge is -2.12. The minimum absolute atomic E-state index is 0.208. The number of rotatable bonds is 5. The molecule has 0 unspecified atom stereocenters. The molecule has 0 saturated carbocycles. The van der Waals surface area contributed by atoms with Gasteiger partial charge in [0.15, 0.2) is 0 Å². The minimum Gasteiger partial charge on any atom is -0.478 e. The lowest BCUT2D eigenvalue weighted by molar-refractivity contribution is 0.0696. The highest BCUT2D eigenvalue weighted by atomic mass is 16.4. The van der Waals surface area contributed by atoms with Crippen LogP contribution in [0.2, 0.25) is 0 Å². The van der Waals surface area contributed by atoms with Gasteiger partial charge in [-0.25, -0.2) is 4.79 Å². The summed E-state index contributed by atoms with van der Waals surface area (Å²) in [6.07, 6.45) is 5.03. The van der Waals surface area contributed by atoms with E-state index in [0.717, 1.165) is 27.5 Å². The summed E-state index contributed by atoms with van der Waals surface area (Å²) in [5.74, 6) is -1.17. The number of fused-ring (bicyclic) bond motifs is 1. The van der Waals surface area contributed by atoms with Gasteiger partial charge in [-0.05, 0) is 46.3 Å². The molecule has 4 aromatic rings. The lowest BCUT2D eigenvalue weighted by Crippen LogP contribution is -2.25. The number of nitrogens with zero attached hydrogens (tertiary/aromatic N) is 3. The maximum Gasteiger partial charge on any atom is 0.335 e. The third kappa shape index (κ3) is 3.58. The van der Waals surface area contributed by atoms with Gasteiger partial charge in [0, 0.05) is 37.6 Å². The van der Waals surface area contributed by atoms with Gasteiger partial charge in [0.2, 0.25) is 0 Å². The Bertz CT molecular complexity index is 1230. The molecule has 0 spiro atoms. The number of aromatic carboxylic acids is 1. The number of carbonyl (C=O) groups excluding carboxylic acids is 1. The first kappa shape index (κ1) is 18.4. The molecule has 2 N–H and O–H groups in total. The van der Waals surface area contributed by atoms with Crippen molar-refractivity contribution in [1.29, 1.82) is 0 Å². The molecule has 0 fully saturated rings. The molecule has 2 aromatic heterocycles. The number of hydrogen-bond donors (Lipinski definition) is 2. The average molecular weight is 386 g/mol. The standard InChI is InChI=1S/C22H18N4O3/c1-26-20(8-10-25-26)21(27)24-12-16-5-6-17(18-7-9-23-13-19(16)18)14-3-2-4-15(11-14)22(28)29/h2-11,13H,12H2,1H3,(H,24,27)(H,28,29). The SMILES string of the molecule is Cn1nccc1C(=O)NCc1ccc(-c2cccc(C(=O)O)c2)c2ccncc12. The lowest BCUT2D eigenvalue weighted by atomic mass is 9.95. The van der Waals surface area contributed by atoms with Crippen LogP contribution >= 0.6 is 0 Å². The maximum absolute atomic E-state index is 12.4. The van der Waals surface area contributed by atoms with E-state index in [0.29, 0.717) is 12.2 Å². The highest BCUT2D eigenvalue weighted by molar-refractivity contribution is 6.00. The number of carbonyl (C=O) groups is 2. The maximum atomic E-state index is 12.4. The minimum atomic E-state index is -0.965. The Hall–Kier alpha value is -4.00. The molecule has 0 saturated heterocycles. The summed E-state index contributed by atoms with van der Waals surface area (Å²) in [4.78, 5) is 27.9. The van der Waals surface area contributed by atoms with Crippen molar-refractivity contribution >= 4 is 22.6 Å². The Kier molecular flexibility index (Phi) is 4.78. The Balaban J connectivity index is 1.69. The third-order valence-corrected chi connectivity index (χ3v) is 4.82. The van der Waals surface area contributed by atoms with Crippen LogP contribution in [0.1, 0.15) is 26.4 Å². The van der Waals surface area contributed by atoms with Crippen LogP contribution < -0.4 is 5.32 Å². The molecule has 1 amide bonds. The van der Waals surface area contributed by atoms with Gasteiger partial charge in [-0.3, -0.25) is 14.5 Å². The molecule has 0 aliphatic rings. The number of hydrogen-bond acceptors (Lipinski definition) is 4. The van der Waals surface area contributed by atoms with Gasteiger partial charge in [-0.15, -0.1) is 0 Å². The molecular weight excluding hydrogens is 368 g/mol. The summed E-state index contributed by atoms with van der Waals surface area (Å²) in [7, 11) is 1.72. The Labute approximate surface area is 166 Å². The second kappa shape index (κ2) is 7.55. The van der Waals surface area contributed by atoms with E-state index in [2.05, 4.69) is 15.4 Å². The van der Waals surface area contributed by atoms with Crippen molar-refractivity contribution in [3.05, 3.63) is 83.9 Å². The van der Waals surface area contributed by atoms with Gasteiger partial charge in [0.05, 0.1) is 5.56 Å². The summed E-state index contributed by atoms with van der Waals surface area (Å²) in [6.45, 7) is 0.335. The van der Waals surface area contributed by atoms with Gasteiger partial charge in [0.25, 0.3) is 5.91 Å². The van der Waals surface area contributed by atoms with E-state index >= 15 is 0 Å². The van der Waals surface area contributed by atoms with Crippen LogP contribution in [0.5, 0.6) is 0 Å². The van der Waals surface area contributed by atoms with Crippen LogP contribution in [0, 0.1) is 0 Å². The predicted molar refractivity (Wildman–Crippen MR) is 109 cm³/mol. The summed E-state index contributed by atoms with van der Waals surface area (Å²) in [5.41, 5.74) is 3.35. The smallest absolute Gasteiger partial charge is 0.335 e. The molecular formula is C22H18N4O3. The molecule has 0 aliphatic carbocycles. The fourth-order valence-corrected chi connectivity index (χ4v) is 3.34. The molecule has 29 heavy (non-hydrogen) atoms. The number of carboxylic acid groups (broad SMARTS) is 1. The molecule has 0 aliphatic heterocycles. The summed E-state index contributed by atoms with van der Waals surface area (Å²) < 4.78 is 1.52. The number of aromatic nitrogens is 3. The fraction of sp³-hybridized carbons (Fsp3) is 0.0909. The van der Waals surface area contributed by atoms with Crippen LogP contribution in [-0.2, 0) is 13.6 Å². The van der Waals surface area contributed by atoms with Gasteiger partial charge < -0.3 is 10.4 Å². The zero-order valence-electron chi connectivity index (χ0n) is 15.7. The van der Waals surface area contributed by atoms with Crippen molar-refractivity contribution in [2.45, 2.75) is 6.54 Å². The van der Waals surface area contributed by atoms with E-state index in [1.165, 1.54) is 4.68 Å². The van der Waals surface area contributed by atoms with Gasteiger partial charge in [-0.2, -0.15) is 5.10 Å². The van der Waals surface area contributed by atoms with Gasteiger partial charge in [0.1, 0.15) is 5.69 Å². The normalized spacial score (nSPS) is 10.8. The molecule has 7 heteroatoms. The number of amides is 1. The number of carboxylic acids is 1. The van der Waals surface area contributed by atoms with Crippen molar-refractivity contribution in [1.82, 2.24) is 20.1 Å². The van der Waals surface area contributed by atoms with Crippen LogP contribution in [0.3, 0.4) is 0 Å². The van der Waals surface area contributed by atoms with Crippen molar-refractivity contribution < 1.29 is 14.7 Å². The van der Waals surface area contributed by atoms with E-state index in [1.807, 2.05) is 24.3 Å². The van der Waals surface area contributed by atoms with Gasteiger partial charge in [-0.1, -0.05) is 24.3 Å². The molecule has 144 valence electrons. The highest BCUT2D eigenvalue weighted by Gasteiger charge is 2.13. The molecule has 0 bridgehead atoms. The molecule has 0 atom stereocenters. The summed E-state index contributed by atoms with van der Waals surface area (Å²) in [6, 6.07) is 14.3. The molecule has 0 radical (unpaired) electrons. The summed E-state index contributed by atoms with van der Waals surface area (Å²) in [5, 5.41) is 18.0. The van der Waals surface area contributed by atoms with Crippen molar-refractivity contribution in [2.75, 3.05) is 0 Å².